The van der Waals surface area contributed by atoms with E-state index in [-0.39, 0.29) is 5.91 Å². The predicted molar refractivity (Wildman–Crippen MR) is 112 cm³/mol. The summed E-state index contributed by atoms with van der Waals surface area (Å²) in [5.41, 5.74) is 3.48. The lowest BCUT2D eigenvalue weighted by molar-refractivity contribution is 0.102. The van der Waals surface area contributed by atoms with Crippen LogP contribution in [0.2, 0.25) is 10.0 Å². The van der Waals surface area contributed by atoms with E-state index in [2.05, 4.69) is 34.3 Å². The summed E-state index contributed by atoms with van der Waals surface area (Å²) < 4.78 is 0. The predicted octanol–water partition coefficient (Wildman–Crippen LogP) is 5.48. The molecule has 0 aliphatic rings. The van der Waals surface area contributed by atoms with Crippen LogP contribution in [0.25, 0.3) is 11.3 Å². The van der Waals surface area contributed by atoms with Gasteiger partial charge in [0.2, 0.25) is 0 Å². The van der Waals surface area contributed by atoms with Crippen LogP contribution in [0.1, 0.15) is 24.3 Å². The number of amides is 1. The maximum atomic E-state index is 12.5. The second-order valence-corrected chi connectivity index (χ2v) is 6.81. The van der Waals surface area contributed by atoms with Gasteiger partial charge in [-0.3, -0.25) is 9.89 Å². The van der Waals surface area contributed by atoms with Crippen molar-refractivity contribution in [3.63, 3.8) is 0 Å². The summed E-state index contributed by atoms with van der Waals surface area (Å²) in [4.78, 5) is 14.7. The van der Waals surface area contributed by atoms with Crippen LogP contribution in [-0.4, -0.2) is 29.2 Å². The third-order valence-corrected chi connectivity index (χ3v) is 4.83. The minimum atomic E-state index is -0.269. The molecular formula is C20H20Cl2N4O. The number of rotatable bonds is 6. The molecule has 0 saturated carbocycles. The Balaban J connectivity index is 1.73. The summed E-state index contributed by atoms with van der Waals surface area (Å²) in [6.07, 6.45) is 0. The molecule has 7 heteroatoms. The highest BCUT2D eigenvalue weighted by molar-refractivity contribution is 6.36. The number of hydrogen-bond acceptors (Lipinski definition) is 3. The SMILES string of the molecule is CCN(CC)c1ccc(NC(=O)c2cc(-c3ccc(Cl)cc3Cl)n[nH]2)cc1. The van der Waals surface area contributed by atoms with Crippen molar-refractivity contribution >= 4 is 40.5 Å². The molecule has 1 aromatic heterocycles. The number of hydrogen-bond donors (Lipinski definition) is 2. The third-order valence-electron chi connectivity index (χ3n) is 4.28. The summed E-state index contributed by atoms with van der Waals surface area (Å²) in [5, 5.41) is 10.8. The molecular weight excluding hydrogens is 383 g/mol. The van der Waals surface area contributed by atoms with Crippen molar-refractivity contribution in [2.75, 3.05) is 23.3 Å². The lowest BCUT2D eigenvalue weighted by Gasteiger charge is -2.21. The van der Waals surface area contributed by atoms with Crippen LogP contribution in [-0.2, 0) is 0 Å². The zero-order valence-corrected chi connectivity index (χ0v) is 16.6. The van der Waals surface area contributed by atoms with Gasteiger partial charge in [0.1, 0.15) is 5.69 Å². The molecule has 3 rings (SSSR count). The first-order valence-electron chi connectivity index (χ1n) is 8.69. The third kappa shape index (κ3) is 4.43. The smallest absolute Gasteiger partial charge is 0.273 e. The van der Waals surface area contributed by atoms with Gasteiger partial charge in [-0.15, -0.1) is 0 Å². The van der Waals surface area contributed by atoms with Gasteiger partial charge in [0.25, 0.3) is 5.91 Å². The summed E-state index contributed by atoms with van der Waals surface area (Å²) in [5.74, 6) is -0.269. The highest BCUT2D eigenvalue weighted by Crippen LogP contribution is 2.29. The molecule has 0 radical (unpaired) electrons. The molecule has 0 unspecified atom stereocenters. The molecule has 0 bridgehead atoms. The highest BCUT2D eigenvalue weighted by atomic mass is 35.5. The van der Waals surface area contributed by atoms with E-state index in [1.54, 1.807) is 24.3 Å². The van der Waals surface area contributed by atoms with Gasteiger partial charge < -0.3 is 10.2 Å². The Hall–Kier alpha value is -2.50. The van der Waals surface area contributed by atoms with Crippen molar-refractivity contribution in [1.29, 1.82) is 0 Å². The molecule has 0 fully saturated rings. The minimum Gasteiger partial charge on any atom is -0.372 e. The fraction of sp³-hybridized carbons (Fsp3) is 0.200. The molecule has 2 N–H and O–H groups in total. The summed E-state index contributed by atoms with van der Waals surface area (Å²) in [6.45, 7) is 6.10. The van der Waals surface area contributed by atoms with Gasteiger partial charge in [-0.05, 0) is 62.4 Å². The van der Waals surface area contributed by atoms with Crippen molar-refractivity contribution in [2.45, 2.75) is 13.8 Å². The van der Waals surface area contributed by atoms with Gasteiger partial charge in [0.15, 0.2) is 0 Å². The number of carbonyl (C=O) groups is 1. The van der Waals surface area contributed by atoms with Gasteiger partial charge in [-0.2, -0.15) is 5.10 Å². The van der Waals surface area contributed by atoms with Crippen molar-refractivity contribution < 1.29 is 4.79 Å². The fourth-order valence-electron chi connectivity index (χ4n) is 2.82. The van der Waals surface area contributed by atoms with E-state index in [1.165, 1.54) is 0 Å². The van der Waals surface area contributed by atoms with Crippen LogP contribution in [0, 0.1) is 0 Å². The zero-order chi connectivity index (χ0) is 19.4. The second-order valence-electron chi connectivity index (χ2n) is 5.96. The molecule has 0 aliphatic carbocycles. The molecule has 140 valence electrons. The monoisotopic (exact) mass is 402 g/mol. The molecule has 1 heterocycles. The molecule has 1 amide bonds. The number of nitrogens with zero attached hydrogens (tertiary/aromatic N) is 2. The molecule has 5 nitrogen and oxygen atoms in total. The van der Waals surface area contributed by atoms with E-state index < -0.39 is 0 Å². The Morgan fingerprint density at radius 3 is 2.41 bits per heavy atom. The van der Waals surface area contributed by atoms with Gasteiger partial charge in [0.05, 0.1) is 10.7 Å². The molecule has 0 aliphatic heterocycles. The zero-order valence-electron chi connectivity index (χ0n) is 15.1. The molecule has 0 spiro atoms. The van der Waals surface area contributed by atoms with Gasteiger partial charge in [-0.25, -0.2) is 0 Å². The lowest BCUT2D eigenvalue weighted by atomic mass is 10.1. The number of nitrogens with one attached hydrogen (secondary N) is 2. The largest absolute Gasteiger partial charge is 0.372 e. The first-order valence-corrected chi connectivity index (χ1v) is 9.44. The quantitative estimate of drug-likeness (QED) is 0.573. The Morgan fingerprint density at radius 2 is 1.78 bits per heavy atom. The number of H-pyrrole nitrogens is 1. The number of aromatic amines is 1. The van der Waals surface area contributed by atoms with Crippen LogP contribution in [0.4, 0.5) is 11.4 Å². The highest BCUT2D eigenvalue weighted by Gasteiger charge is 2.13. The Kier molecular flexibility index (Phi) is 6.04. The first-order chi connectivity index (χ1) is 13.0. The van der Waals surface area contributed by atoms with Gasteiger partial charge in [-0.1, -0.05) is 23.2 Å². The lowest BCUT2D eigenvalue weighted by Crippen LogP contribution is -2.21. The van der Waals surface area contributed by atoms with Crippen LogP contribution >= 0.6 is 23.2 Å². The summed E-state index contributed by atoms with van der Waals surface area (Å²) in [6, 6.07) is 14.6. The summed E-state index contributed by atoms with van der Waals surface area (Å²) >= 11 is 12.1. The van der Waals surface area contributed by atoms with Crippen molar-refractivity contribution in [3.05, 3.63) is 64.3 Å². The Morgan fingerprint density at radius 1 is 1.07 bits per heavy atom. The van der Waals surface area contributed by atoms with E-state index in [0.717, 1.165) is 24.5 Å². The maximum Gasteiger partial charge on any atom is 0.273 e. The van der Waals surface area contributed by atoms with E-state index in [9.17, 15) is 4.79 Å². The number of carbonyl (C=O) groups excluding carboxylic acids is 1. The Bertz CT molecular complexity index is 933. The number of halogens is 2. The first kappa shape index (κ1) is 19.3. The van der Waals surface area contributed by atoms with Gasteiger partial charge >= 0.3 is 0 Å². The van der Waals surface area contributed by atoms with E-state index >= 15 is 0 Å². The van der Waals surface area contributed by atoms with E-state index in [0.29, 0.717) is 27.0 Å². The Labute approximate surface area is 168 Å². The van der Waals surface area contributed by atoms with Gasteiger partial charge in [0, 0.05) is 35.1 Å². The minimum absolute atomic E-state index is 0.269. The van der Waals surface area contributed by atoms with E-state index in [1.807, 2.05) is 24.3 Å². The standard InChI is InChI=1S/C20H20Cl2N4O/c1-3-26(4-2)15-8-6-14(7-9-15)23-20(27)19-12-18(24-25-19)16-10-5-13(21)11-17(16)22/h5-12H,3-4H2,1-2H3,(H,23,27)(H,24,25). The van der Waals surface area contributed by atoms with Crippen molar-refractivity contribution in [3.8, 4) is 11.3 Å². The number of aromatic nitrogens is 2. The average Bonchev–Trinajstić information content (AvgIpc) is 3.14. The number of benzene rings is 2. The van der Waals surface area contributed by atoms with Crippen molar-refractivity contribution in [2.24, 2.45) is 0 Å². The molecule has 0 atom stereocenters. The van der Waals surface area contributed by atoms with Crippen LogP contribution in [0.5, 0.6) is 0 Å². The van der Waals surface area contributed by atoms with E-state index in [4.69, 9.17) is 23.2 Å². The fourth-order valence-corrected chi connectivity index (χ4v) is 3.32. The summed E-state index contributed by atoms with van der Waals surface area (Å²) in [7, 11) is 0. The number of anilines is 2. The molecule has 3 aromatic rings. The topological polar surface area (TPSA) is 61.0 Å². The molecule has 27 heavy (non-hydrogen) atoms. The van der Waals surface area contributed by atoms with Crippen LogP contribution in [0.3, 0.4) is 0 Å². The van der Waals surface area contributed by atoms with Crippen LogP contribution < -0.4 is 10.2 Å². The normalized spacial score (nSPS) is 10.7. The van der Waals surface area contributed by atoms with Crippen LogP contribution in [0.15, 0.2) is 48.5 Å². The molecule has 0 saturated heterocycles. The second kappa shape index (κ2) is 8.46. The maximum absolute atomic E-state index is 12.5. The van der Waals surface area contributed by atoms with Crippen molar-refractivity contribution in [1.82, 2.24) is 10.2 Å². The average molecular weight is 403 g/mol. The molecule has 2 aromatic carbocycles.